The molecule has 80 valence electrons. The normalized spacial score (nSPS) is 26.3. The molecule has 0 aromatic heterocycles. The van der Waals surface area contributed by atoms with Gasteiger partial charge in [-0.3, -0.25) is 0 Å². The number of hydrogen-bond acceptors (Lipinski definition) is 2. The molecule has 2 nitrogen and oxygen atoms in total. The minimum atomic E-state index is 0.320. The molecule has 1 aliphatic heterocycles. The van der Waals surface area contributed by atoms with Crippen molar-refractivity contribution in [3.05, 3.63) is 35.9 Å². The zero-order valence-electron chi connectivity index (χ0n) is 8.82. The van der Waals surface area contributed by atoms with Crippen LogP contribution in [0, 0.1) is 0 Å². The predicted molar refractivity (Wildman–Crippen MR) is 57.6 cm³/mol. The standard InChI is InChI=1S/C13H16O2/c1-2-4-11(5-3-1)9-14-10-12-8-13(15-12)6-7-13/h1-5,12H,6-10H2. The Bertz CT molecular complexity index is 322. The van der Waals surface area contributed by atoms with Crippen molar-refractivity contribution in [3.8, 4) is 0 Å². The molecule has 0 bridgehead atoms. The van der Waals surface area contributed by atoms with Crippen LogP contribution >= 0.6 is 0 Å². The Morgan fingerprint density at radius 1 is 1.27 bits per heavy atom. The van der Waals surface area contributed by atoms with Gasteiger partial charge in [0.15, 0.2) is 0 Å². The number of hydrogen-bond donors (Lipinski definition) is 0. The van der Waals surface area contributed by atoms with Crippen molar-refractivity contribution >= 4 is 0 Å². The molecule has 1 spiro atoms. The second-order valence-corrected chi connectivity index (χ2v) is 4.63. The van der Waals surface area contributed by atoms with E-state index in [9.17, 15) is 0 Å². The smallest absolute Gasteiger partial charge is 0.0843 e. The van der Waals surface area contributed by atoms with Gasteiger partial charge in [0.25, 0.3) is 0 Å². The van der Waals surface area contributed by atoms with Gasteiger partial charge >= 0.3 is 0 Å². The minimum Gasteiger partial charge on any atom is -0.374 e. The number of rotatable bonds is 4. The molecule has 1 saturated carbocycles. The Labute approximate surface area is 90.2 Å². The zero-order valence-corrected chi connectivity index (χ0v) is 8.82. The van der Waals surface area contributed by atoms with E-state index < -0.39 is 0 Å². The van der Waals surface area contributed by atoms with Crippen molar-refractivity contribution in [1.29, 1.82) is 0 Å². The third-order valence-electron chi connectivity index (χ3n) is 3.24. The lowest BCUT2D eigenvalue weighted by atomic mass is 10.0. The van der Waals surface area contributed by atoms with Crippen molar-refractivity contribution in [3.63, 3.8) is 0 Å². The van der Waals surface area contributed by atoms with Crippen molar-refractivity contribution in [1.82, 2.24) is 0 Å². The van der Waals surface area contributed by atoms with E-state index in [4.69, 9.17) is 9.47 Å². The molecule has 2 aliphatic rings. The molecule has 1 atom stereocenters. The lowest BCUT2D eigenvalue weighted by Crippen LogP contribution is -2.42. The quantitative estimate of drug-likeness (QED) is 0.750. The molecule has 2 heteroatoms. The molecule has 1 heterocycles. The number of ether oxygens (including phenoxy) is 2. The van der Waals surface area contributed by atoms with Gasteiger partial charge in [-0.15, -0.1) is 0 Å². The summed E-state index contributed by atoms with van der Waals surface area (Å²) in [5.41, 5.74) is 1.55. The molecule has 0 amide bonds. The second kappa shape index (κ2) is 3.62. The molecule has 1 aliphatic carbocycles. The molecule has 2 fully saturated rings. The summed E-state index contributed by atoms with van der Waals surface area (Å²) in [6, 6.07) is 10.3. The summed E-state index contributed by atoms with van der Waals surface area (Å²) in [4.78, 5) is 0. The summed E-state index contributed by atoms with van der Waals surface area (Å²) in [5.74, 6) is 0. The van der Waals surface area contributed by atoms with E-state index in [1.165, 1.54) is 24.8 Å². The van der Waals surface area contributed by atoms with E-state index in [1.54, 1.807) is 0 Å². The fourth-order valence-corrected chi connectivity index (χ4v) is 2.20. The van der Waals surface area contributed by atoms with Gasteiger partial charge in [-0.2, -0.15) is 0 Å². The maximum Gasteiger partial charge on any atom is 0.0843 e. The lowest BCUT2D eigenvalue weighted by molar-refractivity contribution is -0.170. The second-order valence-electron chi connectivity index (χ2n) is 4.63. The first-order chi connectivity index (χ1) is 7.36. The zero-order chi connectivity index (χ0) is 10.1. The van der Waals surface area contributed by atoms with E-state index in [-0.39, 0.29) is 0 Å². The first-order valence-corrected chi connectivity index (χ1v) is 5.66. The van der Waals surface area contributed by atoms with Crippen molar-refractivity contribution < 1.29 is 9.47 Å². The molecule has 1 unspecified atom stereocenters. The predicted octanol–water partition coefficient (Wildman–Crippen LogP) is 2.52. The first-order valence-electron chi connectivity index (χ1n) is 5.66. The van der Waals surface area contributed by atoms with Crippen LogP contribution in [0.1, 0.15) is 24.8 Å². The van der Waals surface area contributed by atoms with E-state index in [0.29, 0.717) is 18.3 Å². The van der Waals surface area contributed by atoms with E-state index in [2.05, 4.69) is 12.1 Å². The molecular weight excluding hydrogens is 188 g/mol. The van der Waals surface area contributed by atoms with Gasteiger partial charge in [-0.05, 0) is 18.4 Å². The summed E-state index contributed by atoms with van der Waals surface area (Å²) >= 11 is 0. The molecule has 3 rings (SSSR count). The molecule has 1 aromatic rings. The largest absolute Gasteiger partial charge is 0.374 e. The van der Waals surface area contributed by atoms with Crippen LogP contribution in [-0.2, 0) is 16.1 Å². The monoisotopic (exact) mass is 204 g/mol. The summed E-state index contributed by atoms with van der Waals surface area (Å²) in [5, 5.41) is 0. The van der Waals surface area contributed by atoms with E-state index in [0.717, 1.165) is 6.61 Å². The van der Waals surface area contributed by atoms with E-state index in [1.807, 2.05) is 18.2 Å². The Hall–Kier alpha value is -0.860. The Balaban J connectivity index is 1.37. The highest BCUT2D eigenvalue weighted by Gasteiger charge is 2.54. The van der Waals surface area contributed by atoms with Crippen LogP contribution in [0.3, 0.4) is 0 Å². The van der Waals surface area contributed by atoms with Crippen LogP contribution < -0.4 is 0 Å². The van der Waals surface area contributed by atoms with Crippen LogP contribution in [0.25, 0.3) is 0 Å². The SMILES string of the molecule is c1ccc(COCC2CC3(CC3)O2)cc1. The maximum atomic E-state index is 5.75. The summed E-state index contributed by atoms with van der Waals surface area (Å²) in [7, 11) is 0. The van der Waals surface area contributed by atoms with Gasteiger partial charge in [-0.25, -0.2) is 0 Å². The maximum absolute atomic E-state index is 5.75. The van der Waals surface area contributed by atoms with Crippen molar-refractivity contribution in [2.75, 3.05) is 6.61 Å². The number of benzene rings is 1. The third kappa shape index (κ3) is 2.06. The molecular formula is C13H16O2. The Morgan fingerprint density at radius 2 is 2.00 bits per heavy atom. The molecule has 1 saturated heterocycles. The van der Waals surface area contributed by atoms with Crippen LogP contribution in [0.5, 0.6) is 0 Å². The third-order valence-corrected chi connectivity index (χ3v) is 3.24. The summed E-state index contributed by atoms with van der Waals surface area (Å²) < 4.78 is 11.4. The topological polar surface area (TPSA) is 18.5 Å². The summed E-state index contributed by atoms with van der Waals surface area (Å²) in [6.45, 7) is 1.45. The van der Waals surface area contributed by atoms with Crippen molar-refractivity contribution in [2.45, 2.75) is 37.6 Å². The van der Waals surface area contributed by atoms with Gasteiger partial charge in [0.2, 0.25) is 0 Å². The van der Waals surface area contributed by atoms with Gasteiger partial charge in [0.1, 0.15) is 0 Å². The summed E-state index contributed by atoms with van der Waals surface area (Å²) in [6.07, 6.45) is 4.10. The first kappa shape index (κ1) is 9.37. The Kier molecular flexibility index (Phi) is 2.26. The minimum absolute atomic E-state index is 0.320. The van der Waals surface area contributed by atoms with Gasteiger partial charge in [0.05, 0.1) is 24.9 Å². The van der Waals surface area contributed by atoms with Crippen LogP contribution in [-0.4, -0.2) is 18.3 Å². The fourth-order valence-electron chi connectivity index (χ4n) is 2.20. The Morgan fingerprint density at radius 3 is 2.67 bits per heavy atom. The van der Waals surface area contributed by atoms with Gasteiger partial charge < -0.3 is 9.47 Å². The van der Waals surface area contributed by atoms with E-state index >= 15 is 0 Å². The average molecular weight is 204 g/mol. The fraction of sp³-hybridized carbons (Fsp3) is 0.538. The van der Waals surface area contributed by atoms with Gasteiger partial charge in [-0.1, -0.05) is 30.3 Å². The molecule has 1 aromatic carbocycles. The van der Waals surface area contributed by atoms with Crippen LogP contribution in [0.2, 0.25) is 0 Å². The lowest BCUT2D eigenvalue weighted by Gasteiger charge is -2.36. The molecule has 0 radical (unpaired) electrons. The van der Waals surface area contributed by atoms with Crippen LogP contribution in [0.4, 0.5) is 0 Å². The highest BCUT2D eigenvalue weighted by molar-refractivity contribution is 5.13. The van der Waals surface area contributed by atoms with Gasteiger partial charge in [0, 0.05) is 6.42 Å². The molecule has 0 N–H and O–H groups in total. The van der Waals surface area contributed by atoms with Crippen molar-refractivity contribution in [2.24, 2.45) is 0 Å². The average Bonchev–Trinajstić information content (AvgIpc) is 2.99. The molecule has 15 heavy (non-hydrogen) atoms. The van der Waals surface area contributed by atoms with Crippen LogP contribution in [0.15, 0.2) is 30.3 Å². The highest BCUT2D eigenvalue weighted by Crippen LogP contribution is 2.52. The highest BCUT2D eigenvalue weighted by atomic mass is 16.6.